The fraction of sp³-hybridized carbons (Fsp3) is 0.333. The minimum Gasteiger partial charge on any atom is -0.465 e. The SMILES string of the molecule is CCOC(=O)C1(c2ccc(-c3ccc(-c4sccc4C(=O)OC(C)(C)C)cc3)cc2)CC1. The summed E-state index contributed by atoms with van der Waals surface area (Å²) in [5.41, 5.74) is 3.79. The predicted molar refractivity (Wildman–Crippen MR) is 128 cm³/mol. The number of carbonyl (C=O) groups excluding carboxylic acids is 2. The summed E-state index contributed by atoms with van der Waals surface area (Å²) in [7, 11) is 0. The highest BCUT2D eigenvalue weighted by Gasteiger charge is 2.52. The van der Waals surface area contributed by atoms with Gasteiger partial charge in [-0.3, -0.25) is 4.79 Å². The average molecular weight is 449 g/mol. The molecule has 0 amide bonds. The highest BCUT2D eigenvalue weighted by Crippen LogP contribution is 2.49. The smallest absolute Gasteiger partial charge is 0.340 e. The van der Waals surface area contributed by atoms with Crippen LogP contribution < -0.4 is 0 Å². The van der Waals surface area contributed by atoms with Crippen molar-refractivity contribution < 1.29 is 19.1 Å². The lowest BCUT2D eigenvalue weighted by Gasteiger charge is -2.19. The molecule has 1 aliphatic rings. The third kappa shape index (κ3) is 4.49. The molecule has 1 heterocycles. The highest BCUT2D eigenvalue weighted by atomic mass is 32.1. The molecule has 32 heavy (non-hydrogen) atoms. The molecule has 4 nitrogen and oxygen atoms in total. The Morgan fingerprint density at radius 3 is 2.00 bits per heavy atom. The van der Waals surface area contributed by atoms with E-state index in [4.69, 9.17) is 9.47 Å². The van der Waals surface area contributed by atoms with Crippen LogP contribution in [0.25, 0.3) is 21.6 Å². The molecule has 4 rings (SSSR count). The van der Waals surface area contributed by atoms with Crippen LogP contribution in [-0.2, 0) is 19.7 Å². The summed E-state index contributed by atoms with van der Waals surface area (Å²) in [5, 5.41) is 1.92. The van der Waals surface area contributed by atoms with Crippen molar-refractivity contribution in [3.8, 4) is 21.6 Å². The van der Waals surface area contributed by atoms with Gasteiger partial charge in [0.2, 0.25) is 0 Å². The van der Waals surface area contributed by atoms with Crippen LogP contribution in [0.5, 0.6) is 0 Å². The van der Waals surface area contributed by atoms with Crippen molar-refractivity contribution in [1.29, 1.82) is 0 Å². The van der Waals surface area contributed by atoms with Gasteiger partial charge >= 0.3 is 11.9 Å². The number of hydrogen-bond donors (Lipinski definition) is 0. The topological polar surface area (TPSA) is 52.6 Å². The van der Waals surface area contributed by atoms with E-state index in [1.807, 2.05) is 63.4 Å². The Morgan fingerprint density at radius 2 is 1.47 bits per heavy atom. The lowest BCUT2D eigenvalue weighted by atomic mass is 9.93. The van der Waals surface area contributed by atoms with Crippen LogP contribution >= 0.6 is 11.3 Å². The molecule has 0 radical (unpaired) electrons. The first-order valence-corrected chi connectivity index (χ1v) is 11.8. The highest BCUT2D eigenvalue weighted by molar-refractivity contribution is 7.14. The molecule has 0 bridgehead atoms. The van der Waals surface area contributed by atoms with Gasteiger partial charge < -0.3 is 9.47 Å². The third-order valence-corrected chi connectivity index (χ3v) is 6.58. The van der Waals surface area contributed by atoms with Gasteiger partial charge in [-0.15, -0.1) is 11.3 Å². The summed E-state index contributed by atoms with van der Waals surface area (Å²) in [6.45, 7) is 7.86. The van der Waals surface area contributed by atoms with Gasteiger partial charge in [-0.05, 0) is 74.2 Å². The van der Waals surface area contributed by atoms with Gasteiger partial charge in [0.05, 0.1) is 17.6 Å². The maximum absolute atomic E-state index is 12.6. The fourth-order valence-electron chi connectivity index (χ4n) is 3.83. The number of benzene rings is 2. The van der Waals surface area contributed by atoms with Crippen LogP contribution in [0.3, 0.4) is 0 Å². The number of ether oxygens (including phenoxy) is 2. The summed E-state index contributed by atoms with van der Waals surface area (Å²) in [5.74, 6) is -0.419. The molecule has 0 saturated heterocycles. The molecule has 0 spiro atoms. The number of esters is 2. The zero-order valence-corrected chi connectivity index (χ0v) is 19.8. The largest absolute Gasteiger partial charge is 0.465 e. The molecule has 5 heteroatoms. The van der Waals surface area contributed by atoms with Crippen molar-refractivity contribution in [3.63, 3.8) is 0 Å². The number of carbonyl (C=O) groups is 2. The monoisotopic (exact) mass is 448 g/mol. The standard InChI is InChI=1S/C27H28O4S/c1-5-30-25(29)27(15-16-27)21-12-10-19(11-13-21)18-6-8-20(9-7-18)23-22(14-17-32-23)24(28)31-26(2,3)4/h6-14,17H,5,15-16H2,1-4H3. The van der Waals surface area contributed by atoms with Crippen molar-refractivity contribution in [2.45, 2.75) is 51.6 Å². The van der Waals surface area contributed by atoms with Crippen LogP contribution in [0.2, 0.25) is 0 Å². The molecule has 166 valence electrons. The maximum Gasteiger partial charge on any atom is 0.340 e. The lowest BCUT2D eigenvalue weighted by molar-refractivity contribution is -0.146. The van der Waals surface area contributed by atoms with Gasteiger partial charge in [0.1, 0.15) is 5.60 Å². The fourth-order valence-corrected chi connectivity index (χ4v) is 4.72. The molecule has 1 aromatic heterocycles. The molecule has 1 saturated carbocycles. The van der Waals surface area contributed by atoms with Crippen LogP contribution in [-0.4, -0.2) is 24.1 Å². The van der Waals surface area contributed by atoms with E-state index in [1.54, 1.807) is 0 Å². The number of hydrogen-bond acceptors (Lipinski definition) is 5. The van der Waals surface area contributed by atoms with Crippen molar-refractivity contribution in [2.75, 3.05) is 6.61 Å². The zero-order valence-electron chi connectivity index (χ0n) is 18.9. The quantitative estimate of drug-likeness (QED) is 0.397. The van der Waals surface area contributed by atoms with E-state index in [1.165, 1.54) is 11.3 Å². The second-order valence-corrected chi connectivity index (χ2v) is 10.0. The van der Waals surface area contributed by atoms with Crippen molar-refractivity contribution in [1.82, 2.24) is 0 Å². The summed E-state index contributed by atoms with van der Waals surface area (Å²) < 4.78 is 10.8. The first kappa shape index (κ1) is 22.3. The predicted octanol–water partition coefficient (Wildman–Crippen LogP) is 6.63. The van der Waals surface area contributed by atoms with Gasteiger partial charge in [0.15, 0.2) is 0 Å². The second-order valence-electron chi connectivity index (χ2n) is 9.12. The number of thiophene rings is 1. The molecular weight excluding hydrogens is 420 g/mol. The van der Waals surface area contributed by atoms with E-state index in [-0.39, 0.29) is 11.9 Å². The normalized spacial score (nSPS) is 14.6. The average Bonchev–Trinajstić information content (AvgIpc) is 3.42. The van der Waals surface area contributed by atoms with Gasteiger partial charge in [-0.25, -0.2) is 4.79 Å². The van der Waals surface area contributed by atoms with Crippen LogP contribution in [0, 0.1) is 0 Å². The summed E-state index contributed by atoms with van der Waals surface area (Å²) in [4.78, 5) is 25.8. The Hall–Kier alpha value is -2.92. The zero-order chi connectivity index (χ0) is 22.9. The van der Waals surface area contributed by atoms with E-state index in [0.29, 0.717) is 12.2 Å². The minimum atomic E-state index is -0.529. The third-order valence-electron chi connectivity index (χ3n) is 5.62. The molecule has 0 N–H and O–H groups in total. The maximum atomic E-state index is 12.6. The molecule has 2 aromatic carbocycles. The summed E-state index contributed by atoms with van der Waals surface area (Å²) in [6, 6.07) is 18.2. The molecule has 1 aliphatic carbocycles. The van der Waals surface area contributed by atoms with Gasteiger partial charge in [-0.1, -0.05) is 48.5 Å². The van der Waals surface area contributed by atoms with Crippen LogP contribution in [0.15, 0.2) is 60.0 Å². The van der Waals surface area contributed by atoms with Gasteiger partial charge in [0.25, 0.3) is 0 Å². The van der Waals surface area contributed by atoms with E-state index >= 15 is 0 Å². The van der Waals surface area contributed by atoms with Gasteiger partial charge in [0, 0.05) is 4.88 Å². The van der Waals surface area contributed by atoms with E-state index in [0.717, 1.165) is 40.0 Å². The first-order valence-electron chi connectivity index (χ1n) is 10.9. The molecule has 0 atom stereocenters. The van der Waals surface area contributed by atoms with Crippen molar-refractivity contribution in [2.24, 2.45) is 0 Å². The lowest BCUT2D eigenvalue weighted by Crippen LogP contribution is -2.23. The van der Waals surface area contributed by atoms with Crippen molar-refractivity contribution >= 4 is 23.3 Å². The number of rotatable bonds is 6. The minimum absolute atomic E-state index is 0.117. The Labute approximate surface area is 193 Å². The van der Waals surface area contributed by atoms with E-state index < -0.39 is 11.0 Å². The van der Waals surface area contributed by atoms with Crippen LogP contribution in [0.1, 0.15) is 56.5 Å². The van der Waals surface area contributed by atoms with E-state index in [9.17, 15) is 9.59 Å². The Morgan fingerprint density at radius 1 is 0.906 bits per heavy atom. The molecular formula is C27H28O4S. The first-order chi connectivity index (χ1) is 15.2. The van der Waals surface area contributed by atoms with Crippen molar-refractivity contribution in [3.05, 3.63) is 71.1 Å². The molecule has 1 fully saturated rings. The van der Waals surface area contributed by atoms with Crippen LogP contribution in [0.4, 0.5) is 0 Å². The van der Waals surface area contributed by atoms with Gasteiger partial charge in [-0.2, -0.15) is 0 Å². The summed E-state index contributed by atoms with van der Waals surface area (Å²) >= 11 is 1.53. The molecule has 3 aromatic rings. The summed E-state index contributed by atoms with van der Waals surface area (Å²) in [6.07, 6.45) is 1.70. The second kappa shape index (κ2) is 8.55. The Balaban J connectivity index is 1.53. The molecule has 0 aliphatic heterocycles. The Bertz CT molecular complexity index is 1110. The molecule has 0 unspecified atom stereocenters. The Kier molecular flexibility index (Phi) is 5.95. The van der Waals surface area contributed by atoms with E-state index in [2.05, 4.69) is 24.3 Å².